The number of dihydropyridines is 1. The van der Waals surface area contributed by atoms with Crippen molar-refractivity contribution in [3.05, 3.63) is 80.8 Å². The molecule has 1 saturated heterocycles. The molecular formula is C27H32N2O4S. The van der Waals surface area contributed by atoms with E-state index in [0.717, 1.165) is 36.4 Å². The molecule has 0 bridgehead atoms. The fraction of sp³-hybridized carbons (Fsp3) is 0.407. The Kier molecular flexibility index (Phi) is 7.85. The number of methoxy groups -OCH3 is 1. The summed E-state index contributed by atoms with van der Waals surface area (Å²) >= 11 is 1.51. The number of esters is 2. The van der Waals surface area contributed by atoms with Gasteiger partial charge in [-0.15, -0.1) is 11.3 Å². The number of benzene rings is 1. The molecule has 4 rings (SSSR count). The number of hydrogen-bond donors (Lipinski definition) is 1. The van der Waals surface area contributed by atoms with Crippen LogP contribution in [0.2, 0.25) is 0 Å². The standard InChI is InChI=1S/C27H32N2O4S/c1-18-23(26(30)32-3)25(22-13-10-16-34-22)24(19(2)28-18)27(31)33-21(20-11-6-4-7-12-20)17-29-14-8-5-9-15-29/h4,6-7,10-13,16,21,25,28H,5,8-9,14-15,17H2,1-3H3/t21-,25-/m0/s1. The Labute approximate surface area is 205 Å². The first-order valence-corrected chi connectivity index (χ1v) is 12.7. The minimum Gasteiger partial charge on any atom is -0.466 e. The summed E-state index contributed by atoms with van der Waals surface area (Å²) in [6, 6.07) is 13.8. The largest absolute Gasteiger partial charge is 0.466 e. The number of rotatable bonds is 7. The van der Waals surface area contributed by atoms with Gasteiger partial charge >= 0.3 is 11.9 Å². The maximum atomic E-state index is 13.8. The number of piperidine rings is 1. The fourth-order valence-corrected chi connectivity index (χ4v) is 5.68. The lowest BCUT2D eigenvalue weighted by Gasteiger charge is -2.33. The number of nitrogens with one attached hydrogen (secondary N) is 1. The smallest absolute Gasteiger partial charge is 0.337 e. The molecule has 7 heteroatoms. The zero-order valence-corrected chi connectivity index (χ0v) is 20.8. The van der Waals surface area contributed by atoms with Crippen molar-refractivity contribution >= 4 is 23.3 Å². The molecular weight excluding hydrogens is 448 g/mol. The van der Waals surface area contributed by atoms with Crippen LogP contribution in [-0.4, -0.2) is 43.6 Å². The van der Waals surface area contributed by atoms with E-state index in [9.17, 15) is 9.59 Å². The van der Waals surface area contributed by atoms with Crippen molar-refractivity contribution < 1.29 is 19.1 Å². The Hall–Kier alpha value is -2.90. The molecule has 6 nitrogen and oxygen atoms in total. The van der Waals surface area contributed by atoms with Gasteiger partial charge in [-0.2, -0.15) is 0 Å². The minimum atomic E-state index is -0.535. The van der Waals surface area contributed by atoms with Crippen molar-refractivity contribution in [3.8, 4) is 0 Å². The summed E-state index contributed by atoms with van der Waals surface area (Å²) in [7, 11) is 1.36. The lowest BCUT2D eigenvalue weighted by molar-refractivity contribution is -0.146. The summed E-state index contributed by atoms with van der Waals surface area (Å²) in [5, 5.41) is 5.16. The van der Waals surface area contributed by atoms with E-state index in [2.05, 4.69) is 10.2 Å². The molecule has 2 aromatic rings. The maximum Gasteiger partial charge on any atom is 0.337 e. The molecule has 2 aliphatic rings. The molecule has 0 spiro atoms. The van der Waals surface area contributed by atoms with Crippen molar-refractivity contribution in [2.24, 2.45) is 0 Å². The first-order valence-electron chi connectivity index (χ1n) is 11.8. The molecule has 0 radical (unpaired) electrons. The number of thiophene rings is 1. The Balaban J connectivity index is 1.66. The van der Waals surface area contributed by atoms with Crippen LogP contribution < -0.4 is 5.32 Å². The molecule has 0 unspecified atom stereocenters. The van der Waals surface area contributed by atoms with E-state index in [4.69, 9.17) is 9.47 Å². The average Bonchev–Trinajstić information content (AvgIpc) is 3.38. The zero-order chi connectivity index (χ0) is 24.1. The van der Waals surface area contributed by atoms with Crippen LogP contribution in [0.1, 0.15) is 55.6 Å². The van der Waals surface area contributed by atoms with Crippen molar-refractivity contribution in [1.82, 2.24) is 10.2 Å². The number of likely N-dealkylation sites (tertiary alicyclic amines) is 1. The van der Waals surface area contributed by atoms with E-state index >= 15 is 0 Å². The molecule has 0 aliphatic carbocycles. The molecule has 2 aliphatic heterocycles. The minimum absolute atomic E-state index is 0.398. The second-order valence-electron chi connectivity index (χ2n) is 8.81. The summed E-state index contributed by atoms with van der Waals surface area (Å²) < 4.78 is 11.3. The first-order chi connectivity index (χ1) is 16.5. The van der Waals surface area contributed by atoms with Gasteiger partial charge in [0.05, 0.1) is 24.2 Å². The first kappa shape index (κ1) is 24.2. The fourth-order valence-electron chi connectivity index (χ4n) is 4.83. The molecule has 34 heavy (non-hydrogen) atoms. The molecule has 180 valence electrons. The van der Waals surface area contributed by atoms with Crippen LogP contribution in [0.15, 0.2) is 70.4 Å². The quantitative estimate of drug-likeness (QED) is 0.567. The number of carbonyl (C=O) groups is 2. The van der Waals surface area contributed by atoms with Crippen LogP contribution in [0.5, 0.6) is 0 Å². The van der Waals surface area contributed by atoms with Crippen LogP contribution in [0, 0.1) is 0 Å². The molecule has 3 heterocycles. The Morgan fingerprint density at radius 2 is 1.68 bits per heavy atom. The molecule has 1 aromatic heterocycles. The molecule has 1 N–H and O–H groups in total. The van der Waals surface area contributed by atoms with Crippen LogP contribution in [0.4, 0.5) is 0 Å². The summed E-state index contributed by atoms with van der Waals surface area (Å²) in [6.07, 6.45) is 3.17. The van der Waals surface area contributed by atoms with Gasteiger partial charge in [0, 0.05) is 22.8 Å². The maximum absolute atomic E-state index is 13.8. The van der Waals surface area contributed by atoms with Crippen molar-refractivity contribution in [2.75, 3.05) is 26.7 Å². The second kappa shape index (κ2) is 11.0. The number of ether oxygens (including phenoxy) is 2. The predicted molar refractivity (Wildman–Crippen MR) is 133 cm³/mol. The molecule has 2 atom stereocenters. The topological polar surface area (TPSA) is 67.9 Å². The van der Waals surface area contributed by atoms with Gasteiger partial charge in [0.25, 0.3) is 0 Å². The van der Waals surface area contributed by atoms with Gasteiger partial charge in [-0.1, -0.05) is 42.8 Å². The summed E-state index contributed by atoms with van der Waals surface area (Å²) in [6.45, 7) is 6.36. The molecule has 1 fully saturated rings. The number of hydrogen-bond acceptors (Lipinski definition) is 7. The summed E-state index contributed by atoms with van der Waals surface area (Å²) in [5.74, 6) is -1.40. The van der Waals surface area contributed by atoms with Gasteiger partial charge in [0.15, 0.2) is 0 Å². The Morgan fingerprint density at radius 1 is 1.00 bits per heavy atom. The Morgan fingerprint density at radius 3 is 2.29 bits per heavy atom. The highest BCUT2D eigenvalue weighted by Crippen LogP contribution is 2.41. The van der Waals surface area contributed by atoms with Crippen LogP contribution in [0.3, 0.4) is 0 Å². The SMILES string of the molecule is COC(=O)C1=C(C)NC(C)=C(C(=O)O[C@@H](CN2CCCCC2)c2ccccc2)[C@H]1c1cccs1. The third kappa shape index (κ3) is 5.26. The van der Waals surface area contributed by atoms with Crippen LogP contribution in [-0.2, 0) is 19.1 Å². The van der Waals surface area contributed by atoms with Crippen LogP contribution in [0.25, 0.3) is 0 Å². The van der Waals surface area contributed by atoms with Gasteiger partial charge in [-0.05, 0) is 56.8 Å². The average molecular weight is 481 g/mol. The molecule has 1 aromatic carbocycles. The van der Waals surface area contributed by atoms with Crippen molar-refractivity contribution in [3.63, 3.8) is 0 Å². The van der Waals surface area contributed by atoms with E-state index in [1.807, 2.05) is 61.7 Å². The number of carbonyl (C=O) groups excluding carboxylic acids is 2. The highest BCUT2D eigenvalue weighted by molar-refractivity contribution is 7.10. The van der Waals surface area contributed by atoms with Crippen molar-refractivity contribution in [2.45, 2.75) is 45.1 Å². The highest BCUT2D eigenvalue weighted by atomic mass is 32.1. The van der Waals surface area contributed by atoms with E-state index in [0.29, 0.717) is 29.1 Å². The summed E-state index contributed by atoms with van der Waals surface area (Å²) in [5.41, 5.74) is 3.24. The molecule has 0 amide bonds. The highest BCUT2D eigenvalue weighted by Gasteiger charge is 2.39. The molecule has 0 saturated carbocycles. The number of allylic oxidation sites excluding steroid dienone is 2. The van der Waals surface area contributed by atoms with E-state index in [-0.39, 0.29) is 0 Å². The third-order valence-corrected chi connectivity index (χ3v) is 7.44. The van der Waals surface area contributed by atoms with Gasteiger partial charge < -0.3 is 14.8 Å². The second-order valence-corrected chi connectivity index (χ2v) is 9.79. The monoisotopic (exact) mass is 480 g/mol. The lowest BCUT2D eigenvalue weighted by atomic mass is 9.84. The van der Waals surface area contributed by atoms with E-state index in [1.165, 1.54) is 24.9 Å². The Bertz CT molecular complexity index is 1070. The van der Waals surface area contributed by atoms with Crippen molar-refractivity contribution in [1.29, 1.82) is 0 Å². The lowest BCUT2D eigenvalue weighted by Crippen LogP contribution is -2.36. The predicted octanol–water partition coefficient (Wildman–Crippen LogP) is 4.93. The summed E-state index contributed by atoms with van der Waals surface area (Å²) in [4.78, 5) is 29.8. The number of nitrogens with zero attached hydrogens (tertiary/aromatic N) is 1. The van der Waals surface area contributed by atoms with E-state index in [1.54, 1.807) is 0 Å². The third-order valence-electron chi connectivity index (χ3n) is 6.51. The zero-order valence-electron chi connectivity index (χ0n) is 20.0. The van der Waals surface area contributed by atoms with E-state index < -0.39 is 24.0 Å². The van der Waals surface area contributed by atoms with Crippen LogP contribution >= 0.6 is 11.3 Å². The van der Waals surface area contributed by atoms with Gasteiger partial charge in [0.1, 0.15) is 6.10 Å². The van der Waals surface area contributed by atoms with Gasteiger partial charge in [-0.25, -0.2) is 9.59 Å². The normalized spacial score (nSPS) is 20.0. The van der Waals surface area contributed by atoms with Gasteiger partial charge in [-0.3, -0.25) is 4.90 Å². The van der Waals surface area contributed by atoms with Gasteiger partial charge in [0.2, 0.25) is 0 Å².